The molecule has 1 saturated heterocycles. The smallest absolute Gasteiger partial charge is 0.289 e. The van der Waals surface area contributed by atoms with Crippen LogP contribution in [0.15, 0.2) is 48.5 Å². The third-order valence-corrected chi connectivity index (χ3v) is 5.25. The Balaban J connectivity index is 1.38. The number of hydrogen-bond donors (Lipinski definition) is 2. The van der Waals surface area contributed by atoms with Gasteiger partial charge in [-0.2, -0.15) is 0 Å². The maximum absolute atomic E-state index is 12.9. The van der Waals surface area contributed by atoms with Crippen molar-refractivity contribution in [1.82, 2.24) is 10.2 Å². The lowest BCUT2D eigenvalue weighted by molar-refractivity contribution is -0.125. The zero-order valence-corrected chi connectivity index (χ0v) is 16.8. The first-order valence-corrected chi connectivity index (χ1v) is 10.3. The minimum atomic E-state index is -0.409. The van der Waals surface area contributed by atoms with Gasteiger partial charge in [-0.25, -0.2) is 4.39 Å². The first-order valence-electron chi connectivity index (χ1n) is 9.32. The second-order valence-electron chi connectivity index (χ2n) is 6.65. The van der Waals surface area contributed by atoms with Crippen LogP contribution in [-0.2, 0) is 16.1 Å². The highest BCUT2D eigenvalue weighted by Crippen LogP contribution is 2.21. The number of benzene rings is 2. The number of halogens is 1. The Morgan fingerprint density at radius 1 is 1.03 bits per heavy atom. The number of hydrogen-bond acceptors (Lipinski definition) is 5. The summed E-state index contributed by atoms with van der Waals surface area (Å²) >= 11 is 0.994. The summed E-state index contributed by atoms with van der Waals surface area (Å²) < 4.78 is 12.9. The van der Waals surface area contributed by atoms with Gasteiger partial charge in [-0.15, -0.1) is 0 Å². The molecule has 1 aliphatic rings. The van der Waals surface area contributed by atoms with Crippen molar-refractivity contribution in [2.45, 2.75) is 19.4 Å². The van der Waals surface area contributed by atoms with E-state index < -0.39 is 5.82 Å². The molecule has 2 aromatic carbocycles. The molecule has 7 nitrogen and oxygen atoms in total. The van der Waals surface area contributed by atoms with Crippen molar-refractivity contribution in [3.63, 3.8) is 0 Å². The van der Waals surface area contributed by atoms with Crippen LogP contribution in [0.1, 0.15) is 28.8 Å². The highest BCUT2D eigenvalue weighted by atomic mass is 32.2. The Kier molecular flexibility index (Phi) is 7.18. The average molecular weight is 429 g/mol. The molecule has 0 unspecified atom stereocenters. The Morgan fingerprint density at radius 2 is 1.73 bits per heavy atom. The van der Waals surface area contributed by atoms with Crippen LogP contribution in [0.25, 0.3) is 0 Å². The normalized spacial score (nSPS) is 13.4. The first-order chi connectivity index (χ1) is 14.4. The first kappa shape index (κ1) is 21.5. The van der Waals surface area contributed by atoms with Gasteiger partial charge in [0.2, 0.25) is 11.8 Å². The van der Waals surface area contributed by atoms with E-state index in [-0.39, 0.29) is 41.7 Å². The van der Waals surface area contributed by atoms with Crippen molar-refractivity contribution in [2.24, 2.45) is 0 Å². The fourth-order valence-electron chi connectivity index (χ4n) is 2.79. The third kappa shape index (κ3) is 5.90. The Hall–Kier alpha value is -3.20. The van der Waals surface area contributed by atoms with Gasteiger partial charge in [-0.3, -0.25) is 24.1 Å². The van der Waals surface area contributed by atoms with Gasteiger partial charge in [0.1, 0.15) is 5.82 Å². The van der Waals surface area contributed by atoms with Crippen LogP contribution in [-0.4, -0.2) is 40.2 Å². The van der Waals surface area contributed by atoms with E-state index >= 15 is 0 Å². The van der Waals surface area contributed by atoms with E-state index in [1.165, 1.54) is 29.2 Å². The third-order valence-electron chi connectivity index (χ3n) is 4.39. The predicted octanol–water partition coefficient (Wildman–Crippen LogP) is 3.17. The molecule has 0 aliphatic carbocycles. The van der Waals surface area contributed by atoms with Crippen molar-refractivity contribution >= 4 is 40.4 Å². The molecule has 0 radical (unpaired) electrons. The maximum atomic E-state index is 12.9. The van der Waals surface area contributed by atoms with Crippen LogP contribution in [0.2, 0.25) is 0 Å². The Bertz CT molecular complexity index is 932. The molecule has 156 valence electrons. The van der Waals surface area contributed by atoms with Gasteiger partial charge in [0.25, 0.3) is 11.1 Å². The van der Waals surface area contributed by atoms with E-state index in [0.29, 0.717) is 24.2 Å². The number of nitrogens with zero attached hydrogens (tertiary/aromatic N) is 1. The molecule has 1 heterocycles. The van der Waals surface area contributed by atoms with Crippen LogP contribution in [0.5, 0.6) is 0 Å². The minimum Gasteiger partial charge on any atom is -0.352 e. The van der Waals surface area contributed by atoms with Crippen LogP contribution in [0.3, 0.4) is 0 Å². The molecule has 4 amide bonds. The molecule has 0 saturated carbocycles. The van der Waals surface area contributed by atoms with Crippen LogP contribution in [0.4, 0.5) is 14.9 Å². The highest BCUT2D eigenvalue weighted by molar-refractivity contribution is 8.14. The highest BCUT2D eigenvalue weighted by Gasteiger charge is 2.29. The molecule has 1 fully saturated rings. The standard InChI is InChI=1S/C21H20FN3O4S/c22-16-7-5-15(6-8-16)20(28)23-11-1-2-18(26)24-17-9-3-14(4-10-17)12-25-19(27)13-30-21(25)29/h3-10H,1-2,11-13H2,(H,23,28)(H,24,26). The lowest BCUT2D eigenvalue weighted by Gasteiger charge is -2.13. The molecular weight excluding hydrogens is 409 g/mol. The van der Waals surface area contributed by atoms with Gasteiger partial charge < -0.3 is 10.6 Å². The van der Waals surface area contributed by atoms with E-state index in [2.05, 4.69) is 10.6 Å². The number of imide groups is 1. The van der Waals surface area contributed by atoms with Crippen molar-refractivity contribution in [3.8, 4) is 0 Å². The molecule has 2 aromatic rings. The van der Waals surface area contributed by atoms with E-state index in [1.807, 2.05) is 0 Å². The van der Waals surface area contributed by atoms with Crippen molar-refractivity contribution in [1.29, 1.82) is 0 Å². The minimum absolute atomic E-state index is 0.178. The molecule has 1 aliphatic heterocycles. The van der Waals surface area contributed by atoms with Crippen molar-refractivity contribution in [3.05, 3.63) is 65.5 Å². The van der Waals surface area contributed by atoms with E-state index in [0.717, 1.165) is 17.3 Å². The second-order valence-corrected chi connectivity index (χ2v) is 7.57. The predicted molar refractivity (Wildman–Crippen MR) is 111 cm³/mol. The SMILES string of the molecule is O=C(CCCNC(=O)c1ccc(F)cc1)Nc1ccc(CN2C(=O)CSC2=O)cc1. The van der Waals surface area contributed by atoms with Crippen LogP contribution < -0.4 is 10.6 Å². The number of anilines is 1. The number of nitrogens with one attached hydrogen (secondary N) is 2. The van der Waals surface area contributed by atoms with Crippen LogP contribution in [0, 0.1) is 5.82 Å². The summed E-state index contributed by atoms with van der Waals surface area (Å²) in [5, 5.41) is 5.20. The van der Waals surface area contributed by atoms with Crippen molar-refractivity contribution < 1.29 is 23.6 Å². The fourth-order valence-corrected chi connectivity index (χ4v) is 3.51. The van der Waals surface area contributed by atoms with Crippen LogP contribution >= 0.6 is 11.8 Å². The molecule has 30 heavy (non-hydrogen) atoms. The molecule has 3 rings (SSSR count). The molecule has 2 N–H and O–H groups in total. The monoisotopic (exact) mass is 429 g/mol. The molecule has 9 heteroatoms. The van der Waals surface area contributed by atoms with E-state index in [4.69, 9.17) is 0 Å². The van der Waals surface area contributed by atoms with E-state index in [9.17, 15) is 23.6 Å². The summed E-state index contributed by atoms with van der Waals surface area (Å²) in [6.45, 7) is 0.533. The number of carbonyl (C=O) groups excluding carboxylic acids is 4. The van der Waals surface area contributed by atoms with E-state index in [1.54, 1.807) is 24.3 Å². The fraction of sp³-hybridized carbons (Fsp3) is 0.238. The second kappa shape index (κ2) is 10.0. The molecule has 0 aromatic heterocycles. The summed E-state index contributed by atoms with van der Waals surface area (Å²) in [6, 6.07) is 12.2. The molecule has 0 spiro atoms. The largest absolute Gasteiger partial charge is 0.352 e. The quantitative estimate of drug-likeness (QED) is 0.629. The number of thioether (sulfide) groups is 1. The Morgan fingerprint density at radius 3 is 2.37 bits per heavy atom. The van der Waals surface area contributed by atoms with Gasteiger partial charge in [0.05, 0.1) is 12.3 Å². The Labute approximate surface area is 177 Å². The lowest BCUT2D eigenvalue weighted by atomic mass is 10.2. The summed E-state index contributed by atoms with van der Waals surface area (Å²) in [4.78, 5) is 48.4. The summed E-state index contributed by atoms with van der Waals surface area (Å²) in [5.41, 5.74) is 1.75. The molecule has 0 bridgehead atoms. The number of rotatable bonds is 8. The number of amides is 4. The van der Waals surface area contributed by atoms with Gasteiger partial charge in [-0.1, -0.05) is 23.9 Å². The zero-order valence-electron chi connectivity index (χ0n) is 16.0. The maximum Gasteiger partial charge on any atom is 0.289 e. The lowest BCUT2D eigenvalue weighted by Crippen LogP contribution is -2.27. The summed E-state index contributed by atoms with van der Waals surface area (Å²) in [7, 11) is 0. The van der Waals surface area contributed by atoms with Crippen molar-refractivity contribution in [2.75, 3.05) is 17.6 Å². The average Bonchev–Trinajstić information content (AvgIpc) is 3.05. The molecular formula is C21H20FN3O4S. The number of carbonyl (C=O) groups is 4. The van der Waals surface area contributed by atoms with Gasteiger partial charge in [0, 0.05) is 24.2 Å². The topological polar surface area (TPSA) is 95.6 Å². The van der Waals surface area contributed by atoms with Gasteiger partial charge in [0.15, 0.2) is 0 Å². The zero-order chi connectivity index (χ0) is 21.5. The summed E-state index contributed by atoms with van der Waals surface area (Å²) in [6.07, 6.45) is 0.674. The van der Waals surface area contributed by atoms with Gasteiger partial charge >= 0.3 is 0 Å². The molecule has 0 atom stereocenters. The van der Waals surface area contributed by atoms with Gasteiger partial charge in [-0.05, 0) is 48.4 Å². The summed E-state index contributed by atoms with van der Waals surface area (Å²) in [5.74, 6) is -0.946.